The molecule has 1 aromatic rings. The standard InChI is InChI=1S/C13H17Cl2NO/c1-3-16-8-11-4-5-13(12(15)6-11)17-9-10(2)7-14/h4-7,16H,3,8-9H2,1-2H3/b10-7+. The summed E-state index contributed by atoms with van der Waals surface area (Å²) in [5, 5.41) is 3.87. The molecule has 1 rings (SSSR count). The van der Waals surface area contributed by atoms with Gasteiger partial charge >= 0.3 is 0 Å². The molecule has 0 unspecified atom stereocenters. The second-order valence-electron chi connectivity index (χ2n) is 3.79. The molecule has 1 N–H and O–H groups in total. The molecule has 0 atom stereocenters. The topological polar surface area (TPSA) is 21.3 Å². The van der Waals surface area contributed by atoms with E-state index in [0.717, 1.165) is 24.2 Å². The Balaban J connectivity index is 2.62. The van der Waals surface area contributed by atoms with Gasteiger partial charge in [-0.2, -0.15) is 0 Å². The van der Waals surface area contributed by atoms with Crippen LogP contribution in [0.2, 0.25) is 5.02 Å². The molecular weight excluding hydrogens is 257 g/mol. The molecule has 94 valence electrons. The SMILES string of the molecule is CCNCc1ccc(OC/C(C)=C/Cl)c(Cl)c1. The molecule has 0 aliphatic carbocycles. The van der Waals surface area contributed by atoms with Crippen molar-refractivity contribution in [3.05, 3.63) is 39.9 Å². The molecule has 0 bridgehead atoms. The molecule has 0 aliphatic heterocycles. The maximum Gasteiger partial charge on any atom is 0.138 e. The Labute approximate surface area is 113 Å². The van der Waals surface area contributed by atoms with Crippen LogP contribution in [0.15, 0.2) is 29.3 Å². The minimum Gasteiger partial charge on any atom is -0.488 e. The summed E-state index contributed by atoms with van der Waals surface area (Å²) in [5.74, 6) is 0.685. The highest BCUT2D eigenvalue weighted by molar-refractivity contribution is 6.32. The molecule has 0 saturated carbocycles. The van der Waals surface area contributed by atoms with E-state index in [9.17, 15) is 0 Å². The van der Waals surface area contributed by atoms with Gasteiger partial charge in [0.25, 0.3) is 0 Å². The largest absolute Gasteiger partial charge is 0.488 e. The Morgan fingerprint density at radius 3 is 2.82 bits per heavy atom. The van der Waals surface area contributed by atoms with E-state index in [-0.39, 0.29) is 0 Å². The summed E-state index contributed by atoms with van der Waals surface area (Å²) in [6.45, 7) is 6.18. The van der Waals surface area contributed by atoms with Crippen LogP contribution in [0.3, 0.4) is 0 Å². The quantitative estimate of drug-likeness (QED) is 0.847. The van der Waals surface area contributed by atoms with E-state index < -0.39 is 0 Å². The van der Waals surface area contributed by atoms with Crippen molar-refractivity contribution in [3.63, 3.8) is 0 Å². The van der Waals surface area contributed by atoms with Gasteiger partial charge in [-0.3, -0.25) is 0 Å². The van der Waals surface area contributed by atoms with Gasteiger partial charge in [0.1, 0.15) is 12.4 Å². The second kappa shape index (κ2) is 7.59. The van der Waals surface area contributed by atoms with Gasteiger partial charge in [-0.05, 0) is 36.7 Å². The van der Waals surface area contributed by atoms with E-state index in [1.54, 1.807) is 0 Å². The molecule has 0 saturated heterocycles. The van der Waals surface area contributed by atoms with Crippen molar-refractivity contribution >= 4 is 23.2 Å². The Kier molecular flexibility index (Phi) is 6.41. The van der Waals surface area contributed by atoms with Gasteiger partial charge in [0.2, 0.25) is 0 Å². The molecule has 17 heavy (non-hydrogen) atoms. The van der Waals surface area contributed by atoms with Gasteiger partial charge in [-0.25, -0.2) is 0 Å². The predicted octanol–water partition coefficient (Wildman–Crippen LogP) is 3.97. The van der Waals surface area contributed by atoms with E-state index >= 15 is 0 Å². The lowest BCUT2D eigenvalue weighted by atomic mass is 10.2. The highest BCUT2D eigenvalue weighted by Gasteiger charge is 2.03. The summed E-state index contributed by atoms with van der Waals surface area (Å²) in [7, 11) is 0. The van der Waals surface area contributed by atoms with Crippen LogP contribution in [-0.2, 0) is 6.54 Å². The molecule has 0 spiro atoms. The first-order valence-electron chi connectivity index (χ1n) is 5.55. The van der Waals surface area contributed by atoms with Gasteiger partial charge in [0, 0.05) is 12.1 Å². The fourth-order valence-electron chi connectivity index (χ4n) is 1.26. The van der Waals surface area contributed by atoms with Gasteiger partial charge in [0.05, 0.1) is 5.02 Å². The van der Waals surface area contributed by atoms with Crippen LogP contribution in [0, 0.1) is 0 Å². The van der Waals surface area contributed by atoms with Gasteiger partial charge in [0.15, 0.2) is 0 Å². The number of hydrogen-bond acceptors (Lipinski definition) is 2. The van der Waals surface area contributed by atoms with Crippen molar-refractivity contribution in [2.45, 2.75) is 20.4 Å². The summed E-state index contributed by atoms with van der Waals surface area (Å²) in [4.78, 5) is 0. The second-order valence-corrected chi connectivity index (χ2v) is 4.41. The Bertz CT molecular complexity index is 391. The molecular formula is C13H17Cl2NO. The Hall–Kier alpha value is -0.700. The first-order chi connectivity index (χ1) is 8.17. The highest BCUT2D eigenvalue weighted by atomic mass is 35.5. The molecule has 1 aromatic carbocycles. The molecule has 0 aliphatic rings. The molecule has 0 radical (unpaired) electrons. The van der Waals surface area contributed by atoms with E-state index in [2.05, 4.69) is 12.2 Å². The van der Waals surface area contributed by atoms with Gasteiger partial charge in [-0.1, -0.05) is 36.2 Å². The zero-order valence-electron chi connectivity index (χ0n) is 10.1. The van der Waals surface area contributed by atoms with Crippen LogP contribution >= 0.6 is 23.2 Å². The third kappa shape index (κ3) is 4.99. The third-order valence-electron chi connectivity index (χ3n) is 2.22. The summed E-state index contributed by atoms with van der Waals surface area (Å²) < 4.78 is 5.54. The minimum atomic E-state index is 0.454. The normalized spacial score (nSPS) is 11.6. The van der Waals surface area contributed by atoms with E-state index in [1.165, 1.54) is 5.54 Å². The lowest BCUT2D eigenvalue weighted by Crippen LogP contribution is -2.11. The van der Waals surface area contributed by atoms with Crippen molar-refractivity contribution in [3.8, 4) is 5.75 Å². The van der Waals surface area contributed by atoms with Crippen molar-refractivity contribution in [1.29, 1.82) is 0 Å². The van der Waals surface area contributed by atoms with Crippen molar-refractivity contribution in [2.24, 2.45) is 0 Å². The number of nitrogens with one attached hydrogen (secondary N) is 1. The predicted molar refractivity (Wildman–Crippen MR) is 73.9 cm³/mol. The maximum atomic E-state index is 6.13. The summed E-state index contributed by atoms with van der Waals surface area (Å²) >= 11 is 11.7. The van der Waals surface area contributed by atoms with E-state index in [1.807, 2.05) is 25.1 Å². The Morgan fingerprint density at radius 1 is 1.47 bits per heavy atom. The van der Waals surface area contributed by atoms with Gasteiger partial charge in [-0.15, -0.1) is 0 Å². The van der Waals surface area contributed by atoms with Crippen molar-refractivity contribution in [2.75, 3.05) is 13.2 Å². The molecule has 2 nitrogen and oxygen atoms in total. The first-order valence-corrected chi connectivity index (χ1v) is 6.36. The molecule has 0 heterocycles. The van der Waals surface area contributed by atoms with Crippen LogP contribution in [0.4, 0.5) is 0 Å². The maximum absolute atomic E-state index is 6.13. The summed E-state index contributed by atoms with van der Waals surface area (Å²) in [6.07, 6.45) is 0. The molecule has 0 fully saturated rings. The van der Waals surface area contributed by atoms with Crippen LogP contribution in [-0.4, -0.2) is 13.2 Å². The molecule has 0 amide bonds. The van der Waals surface area contributed by atoms with E-state index in [4.69, 9.17) is 27.9 Å². The zero-order chi connectivity index (χ0) is 12.7. The smallest absolute Gasteiger partial charge is 0.138 e. The number of ether oxygens (including phenoxy) is 1. The zero-order valence-corrected chi connectivity index (χ0v) is 11.6. The fourth-order valence-corrected chi connectivity index (χ4v) is 1.58. The monoisotopic (exact) mass is 273 g/mol. The molecule has 4 heteroatoms. The Morgan fingerprint density at radius 2 is 2.24 bits per heavy atom. The van der Waals surface area contributed by atoms with E-state index in [0.29, 0.717) is 17.4 Å². The van der Waals surface area contributed by atoms with Gasteiger partial charge < -0.3 is 10.1 Å². The van der Waals surface area contributed by atoms with Crippen LogP contribution in [0.5, 0.6) is 5.75 Å². The minimum absolute atomic E-state index is 0.454. The average molecular weight is 274 g/mol. The van der Waals surface area contributed by atoms with Crippen molar-refractivity contribution in [1.82, 2.24) is 5.32 Å². The molecule has 0 aromatic heterocycles. The summed E-state index contributed by atoms with van der Waals surface area (Å²) in [5.41, 5.74) is 3.61. The fraction of sp³-hybridized carbons (Fsp3) is 0.385. The number of hydrogen-bond donors (Lipinski definition) is 1. The van der Waals surface area contributed by atoms with Crippen LogP contribution in [0.1, 0.15) is 19.4 Å². The van der Waals surface area contributed by atoms with Crippen LogP contribution in [0.25, 0.3) is 0 Å². The number of rotatable bonds is 6. The van der Waals surface area contributed by atoms with Crippen molar-refractivity contribution < 1.29 is 4.74 Å². The lowest BCUT2D eigenvalue weighted by molar-refractivity contribution is 0.352. The highest BCUT2D eigenvalue weighted by Crippen LogP contribution is 2.25. The summed E-state index contributed by atoms with van der Waals surface area (Å²) in [6, 6.07) is 5.80. The first kappa shape index (κ1) is 14.4. The van der Waals surface area contributed by atoms with Crippen LogP contribution < -0.4 is 10.1 Å². The number of halogens is 2. The third-order valence-corrected chi connectivity index (χ3v) is 2.88. The average Bonchev–Trinajstić information content (AvgIpc) is 2.34. The number of benzene rings is 1. The lowest BCUT2D eigenvalue weighted by Gasteiger charge is -2.09.